The van der Waals surface area contributed by atoms with Crippen LogP contribution in [0.4, 0.5) is 0 Å². The van der Waals surface area contributed by atoms with E-state index >= 15 is 0 Å². The van der Waals surface area contributed by atoms with Crippen LogP contribution in [0.15, 0.2) is 133 Å². The standard InChI is InChI=1S/C48H34N2O8/c1-5-15-25(7-3)55-33-21-29-37-31(47(53)49-45(29)51)24-36(58-28-19-13-10-14-20-28)42-40-34(56-26(8-4)16-6-2)22-30-38-32(48(54)50-46(30)52)23-35(57-27-17-11-9-12-18-27)41(44(38)40)39(33)43(37)42/h5-24H,1-4H3,(H,49,51,53)(H,50,52,54)/b15-5-,16-6-,25-7+,26-8+. The van der Waals surface area contributed by atoms with Crippen molar-refractivity contribution in [3.63, 3.8) is 0 Å². The van der Waals surface area contributed by atoms with Gasteiger partial charge in [-0.2, -0.15) is 0 Å². The molecule has 0 saturated carbocycles. The number of benzene rings is 7. The minimum absolute atomic E-state index is 0.200. The average molecular weight is 767 g/mol. The van der Waals surface area contributed by atoms with Crippen molar-refractivity contribution in [1.29, 1.82) is 0 Å². The molecule has 0 fully saturated rings. The Morgan fingerprint density at radius 1 is 0.431 bits per heavy atom. The van der Waals surface area contributed by atoms with Gasteiger partial charge in [-0.3, -0.25) is 29.8 Å². The van der Waals surface area contributed by atoms with Gasteiger partial charge in [0.25, 0.3) is 23.6 Å². The second-order valence-electron chi connectivity index (χ2n) is 13.7. The van der Waals surface area contributed by atoms with Gasteiger partial charge >= 0.3 is 0 Å². The molecule has 0 saturated heterocycles. The summed E-state index contributed by atoms with van der Waals surface area (Å²) in [6.45, 7) is 7.37. The van der Waals surface area contributed by atoms with Gasteiger partial charge in [-0.15, -0.1) is 0 Å². The van der Waals surface area contributed by atoms with E-state index in [1.54, 1.807) is 72.8 Å². The van der Waals surface area contributed by atoms with Gasteiger partial charge in [-0.05, 0) is 101 Å². The highest BCUT2D eigenvalue weighted by Gasteiger charge is 2.37. The molecule has 9 rings (SSSR count). The molecule has 0 unspecified atom stereocenters. The maximum atomic E-state index is 13.9. The van der Waals surface area contributed by atoms with Gasteiger partial charge in [-0.1, -0.05) is 48.6 Å². The first kappa shape index (κ1) is 35.9. The zero-order chi connectivity index (χ0) is 40.2. The zero-order valence-corrected chi connectivity index (χ0v) is 31.8. The van der Waals surface area contributed by atoms with E-state index in [1.165, 1.54) is 0 Å². The Morgan fingerprint density at radius 3 is 1.09 bits per heavy atom. The first-order valence-electron chi connectivity index (χ1n) is 18.7. The maximum Gasteiger partial charge on any atom is 0.258 e. The van der Waals surface area contributed by atoms with Crippen molar-refractivity contribution in [3.8, 4) is 34.5 Å². The summed E-state index contributed by atoms with van der Waals surface area (Å²) in [5.41, 5.74) is 0.802. The molecular formula is C48H34N2O8. The molecule has 10 heteroatoms. The number of nitrogens with one attached hydrogen (secondary N) is 2. The number of ether oxygens (including phenoxy) is 4. The Balaban J connectivity index is 1.61. The Labute approximate surface area is 332 Å². The van der Waals surface area contributed by atoms with Gasteiger partial charge in [0.15, 0.2) is 0 Å². The van der Waals surface area contributed by atoms with Crippen molar-refractivity contribution in [2.45, 2.75) is 27.7 Å². The third-order valence-corrected chi connectivity index (χ3v) is 10.2. The van der Waals surface area contributed by atoms with E-state index in [-0.39, 0.29) is 45.3 Å². The largest absolute Gasteiger partial charge is 0.457 e. The van der Waals surface area contributed by atoms with Crippen molar-refractivity contribution in [3.05, 3.63) is 155 Å². The van der Waals surface area contributed by atoms with Crippen LogP contribution >= 0.6 is 0 Å². The SMILES string of the molecule is C/C=C\C(=C/C)Oc1cc2c3c(cc(Oc4ccccc4)c4c5c(OC(/C=C\C)=C/C)cc6c7c(cc(Oc8ccccc8)c(c1c34)c75)C(=O)NC6=O)C(=O)NC2=O. The topological polar surface area (TPSA) is 129 Å². The number of fused-ring (bicyclic) bond motifs is 2. The van der Waals surface area contributed by atoms with Crippen LogP contribution in [0.3, 0.4) is 0 Å². The number of hydrogen-bond donors (Lipinski definition) is 2. The number of carbonyl (C=O) groups is 4. The summed E-state index contributed by atoms with van der Waals surface area (Å²) in [6.07, 6.45) is 10.8. The molecule has 2 heterocycles. The van der Waals surface area contributed by atoms with Crippen molar-refractivity contribution in [2.24, 2.45) is 0 Å². The predicted octanol–water partition coefficient (Wildman–Crippen LogP) is 10.8. The minimum Gasteiger partial charge on any atom is -0.457 e. The lowest BCUT2D eigenvalue weighted by molar-refractivity contribution is 0.0828. The van der Waals surface area contributed by atoms with E-state index in [9.17, 15) is 19.2 Å². The molecule has 0 aromatic heterocycles. The van der Waals surface area contributed by atoms with Crippen molar-refractivity contribution < 1.29 is 38.1 Å². The third-order valence-electron chi connectivity index (χ3n) is 10.2. The van der Waals surface area contributed by atoms with Crippen LogP contribution in [-0.2, 0) is 0 Å². The number of hydrogen-bond acceptors (Lipinski definition) is 8. The lowest BCUT2D eigenvalue weighted by atomic mass is 9.81. The summed E-state index contributed by atoms with van der Waals surface area (Å²) in [7, 11) is 0. The first-order valence-corrected chi connectivity index (χ1v) is 18.7. The number of para-hydroxylation sites is 2. The summed E-state index contributed by atoms with van der Waals surface area (Å²) in [6, 6.07) is 24.6. The number of rotatable bonds is 10. The lowest BCUT2D eigenvalue weighted by Gasteiger charge is -2.28. The van der Waals surface area contributed by atoms with E-state index in [0.717, 1.165) is 0 Å². The van der Waals surface area contributed by atoms with E-state index in [1.807, 2.05) is 76.2 Å². The van der Waals surface area contributed by atoms with Crippen molar-refractivity contribution >= 4 is 66.7 Å². The summed E-state index contributed by atoms with van der Waals surface area (Å²) >= 11 is 0. The molecular weight excluding hydrogens is 733 g/mol. The molecule has 0 spiro atoms. The highest BCUT2D eigenvalue weighted by atomic mass is 16.5. The normalized spacial score (nSPS) is 14.3. The molecule has 58 heavy (non-hydrogen) atoms. The molecule has 2 aliphatic rings. The van der Waals surface area contributed by atoms with E-state index < -0.39 is 23.6 Å². The van der Waals surface area contributed by atoms with Crippen molar-refractivity contribution in [1.82, 2.24) is 10.6 Å². The number of carbonyl (C=O) groups excluding carboxylic acids is 4. The van der Waals surface area contributed by atoms with Crippen LogP contribution in [0.5, 0.6) is 34.5 Å². The van der Waals surface area contributed by atoms with Crippen LogP contribution in [0, 0.1) is 0 Å². The van der Waals surface area contributed by atoms with Gasteiger partial charge in [0, 0.05) is 43.1 Å². The Hall–Kier alpha value is -7.72. The smallest absolute Gasteiger partial charge is 0.258 e. The van der Waals surface area contributed by atoms with Crippen molar-refractivity contribution in [2.75, 3.05) is 0 Å². The summed E-state index contributed by atoms with van der Waals surface area (Å²) in [5.74, 6) is 0.466. The monoisotopic (exact) mass is 766 g/mol. The molecule has 284 valence electrons. The maximum absolute atomic E-state index is 13.9. The molecule has 4 amide bonds. The highest BCUT2D eigenvalue weighted by molar-refractivity contribution is 6.44. The molecule has 0 radical (unpaired) electrons. The number of allylic oxidation sites excluding steroid dienone is 6. The summed E-state index contributed by atoms with van der Waals surface area (Å²) in [5, 5.41) is 8.43. The average Bonchev–Trinajstić information content (AvgIpc) is 3.22. The molecule has 7 aromatic rings. The predicted molar refractivity (Wildman–Crippen MR) is 223 cm³/mol. The Bertz CT molecular complexity index is 2840. The fourth-order valence-electron chi connectivity index (χ4n) is 7.87. The zero-order valence-electron chi connectivity index (χ0n) is 31.8. The number of imide groups is 2. The van der Waals surface area contributed by atoms with Crippen LogP contribution < -0.4 is 29.6 Å². The first-order chi connectivity index (χ1) is 28.2. The van der Waals surface area contributed by atoms with E-state index in [4.69, 9.17) is 18.9 Å². The fraction of sp³-hybridized carbons (Fsp3) is 0.0833. The molecule has 10 nitrogen and oxygen atoms in total. The summed E-state index contributed by atoms with van der Waals surface area (Å²) < 4.78 is 26.9. The quantitative estimate of drug-likeness (QED) is 0.0463. The molecule has 2 N–H and O–H groups in total. The highest BCUT2D eigenvalue weighted by Crippen LogP contribution is 2.56. The molecule has 0 aliphatic carbocycles. The van der Waals surface area contributed by atoms with Gasteiger partial charge < -0.3 is 18.9 Å². The molecule has 2 aliphatic heterocycles. The van der Waals surface area contributed by atoms with Gasteiger partial charge in [0.2, 0.25) is 0 Å². The number of amides is 4. The van der Waals surface area contributed by atoms with Crippen LogP contribution in [0.2, 0.25) is 0 Å². The molecule has 0 bridgehead atoms. The van der Waals surface area contributed by atoms with Gasteiger partial charge in [-0.25, -0.2) is 0 Å². The fourth-order valence-corrected chi connectivity index (χ4v) is 7.87. The minimum atomic E-state index is -0.607. The Kier molecular flexibility index (Phi) is 8.74. The molecule has 7 aromatic carbocycles. The van der Waals surface area contributed by atoms with Crippen LogP contribution in [0.25, 0.3) is 43.1 Å². The van der Waals surface area contributed by atoms with Gasteiger partial charge in [0.05, 0.1) is 22.3 Å². The third kappa shape index (κ3) is 5.64. The Morgan fingerprint density at radius 2 is 0.759 bits per heavy atom. The second-order valence-corrected chi connectivity index (χ2v) is 13.7. The van der Waals surface area contributed by atoms with Crippen LogP contribution in [-0.4, -0.2) is 23.6 Å². The molecule has 0 atom stereocenters. The van der Waals surface area contributed by atoms with E-state index in [0.29, 0.717) is 66.1 Å². The lowest BCUT2D eigenvalue weighted by Crippen LogP contribution is -2.35. The van der Waals surface area contributed by atoms with E-state index in [2.05, 4.69) is 10.6 Å². The van der Waals surface area contributed by atoms with Crippen LogP contribution in [0.1, 0.15) is 69.1 Å². The van der Waals surface area contributed by atoms with Gasteiger partial charge in [0.1, 0.15) is 46.0 Å². The second kappa shape index (κ2) is 14.1. The summed E-state index contributed by atoms with van der Waals surface area (Å²) in [4.78, 5) is 55.6.